The van der Waals surface area contributed by atoms with E-state index in [2.05, 4.69) is 4.98 Å². The molecule has 0 aromatic carbocycles. The van der Waals surface area contributed by atoms with Gasteiger partial charge in [0.05, 0.1) is 29.8 Å². The van der Waals surface area contributed by atoms with E-state index in [1.165, 1.54) is 0 Å². The third kappa shape index (κ3) is 3.78. The van der Waals surface area contributed by atoms with Crippen LogP contribution in [0.2, 0.25) is 0 Å². The van der Waals surface area contributed by atoms with Gasteiger partial charge >= 0.3 is 5.97 Å². The summed E-state index contributed by atoms with van der Waals surface area (Å²) >= 11 is 1.60. The highest BCUT2D eigenvalue weighted by Crippen LogP contribution is 2.19. The van der Waals surface area contributed by atoms with Gasteiger partial charge in [0.2, 0.25) is 0 Å². The van der Waals surface area contributed by atoms with Crippen LogP contribution in [0.25, 0.3) is 0 Å². The predicted octanol–water partition coefficient (Wildman–Crippen LogP) is 1.97. The van der Waals surface area contributed by atoms with Crippen LogP contribution in [0.1, 0.15) is 30.5 Å². The Kier molecular flexibility index (Phi) is 4.50. The predicted molar refractivity (Wildman–Crippen MR) is 65.1 cm³/mol. The van der Waals surface area contributed by atoms with Crippen molar-refractivity contribution in [1.82, 2.24) is 4.98 Å². The first kappa shape index (κ1) is 12.5. The summed E-state index contributed by atoms with van der Waals surface area (Å²) in [4.78, 5) is 15.7. The molecule has 1 atom stereocenters. The van der Waals surface area contributed by atoms with Crippen LogP contribution in [0.4, 0.5) is 0 Å². The summed E-state index contributed by atoms with van der Waals surface area (Å²) < 4.78 is 10.5. The number of carbonyl (C=O) groups is 1. The van der Waals surface area contributed by atoms with Crippen LogP contribution < -0.4 is 0 Å². The molecule has 1 aromatic heterocycles. The van der Waals surface area contributed by atoms with E-state index in [0.717, 1.165) is 36.6 Å². The van der Waals surface area contributed by atoms with Crippen molar-refractivity contribution in [2.75, 3.05) is 13.2 Å². The molecule has 2 heterocycles. The molecule has 0 bridgehead atoms. The zero-order valence-corrected chi connectivity index (χ0v) is 10.8. The molecule has 17 heavy (non-hydrogen) atoms. The van der Waals surface area contributed by atoms with Crippen molar-refractivity contribution in [2.45, 2.75) is 38.7 Å². The minimum atomic E-state index is -0.207. The molecule has 1 aromatic rings. The molecule has 1 fully saturated rings. The van der Waals surface area contributed by atoms with Gasteiger partial charge in [-0.05, 0) is 19.8 Å². The summed E-state index contributed by atoms with van der Waals surface area (Å²) in [5, 5.41) is 2.98. The summed E-state index contributed by atoms with van der Waals surface area (Å²) in [5.74, 6) is -0.207. The highest BCUT2D eigenvalue weighted by Gasteiger charge is 2.18. The summed E-state index contributed by atoms with van der Waals surface area (Å²) in [6.45, 7) is 3.10. The first-order valence-electron chi connectivity index (χ1n) is 5.98. The molecule has 0 N–H and O–H groups in total. The van der Waals surface area contributed by atoms with Gasteiger partial charge in [0.15, 0.2) is 0 Å². The van der Waals surface area contributed by atoms with E-state index in [-0.39, 0.29) is 12.4 Å². The molecule has 1 saturated heterocycles. The lowest BCUT2D eigenvalue weighted by atomic mass is 10.2. The van der Waals surface area contributed by atoms with E-state index in [9.17, 15) is 4.79 Å². The Bertz CT molecular complexity index is 372. The standard InChI is InChI=1S/C12H17NO3S/c1-2-15-12(14)6-9-8-17-11(13-9)7-10-4-3-5-16-10/h8,10H,2-7H2,1H3. The molecule has 0 radical (unpaired) electrons. The van der Waals surface area contributed by atoms with E-state index in [1.54, 1.807) is 11.3 Å². The largest absolute Gasteiger partial charge is 0.466 e. The van der Waals surface area contributed by atoms with E-state index < -0.39 is 0 Å². The van der Waals surface area contributed by atoms with E-state index in [0.29, 0.717) is 12.7 Å². The van der Waals surface area contributed by atoms with Crippen LogP contribution in [0, 0.1) is 0 Å². The Labute approximate surface area is 105 Å². The van der Waals surface area contributed by atoms with Gasteiger partial charge in [0.25, 0.3) is 0 Å². The lowest BCUT2D eigenvalue weighted by Crippen LogP contribution is -2.10. The fraction of sp³-hybridized carbons (Fsp3) is 0.667. The molecule has 1 aliphatic heterocycles. The zero-order chi connectivity index (χ0) is 12.1. The number of ether oxygens (including phenoxy) is 2. The minimum absolute atomic E-state index is 0.207. The van der Waals surface area contributed by atoms with E-state index in [4.69, 9.17) is 9.47 Å². The van der Waals surface area contributed by atoms with Crippen molar-refractivity contribution in [2.24, 2.45) is 0 Å². The van der Waals surface area contributed by atoms with Gasteiger partial charge in [-0.1, -0.05) is 0 Å². The van der Waals surface area contributed by atoms with Crippen LogP contribution >= 0.6 is 11.3 Å². The van der Waals surface area contributed by atoms with E-state index in [1.807, 2.05) is 12.3 Å². The Morgan fingerprint density at radius 3 is 3.29 bits per heavy atom. The van der Waals surface area contributed by atoms with Gasteiger partial charge in [-0.2, -0.15) is 0 Å². The summed E-state index contributed by atoms with van der Waals surface area (Å²) in [6, 6.07) is 0. The smallest absolute Gasteiger partial charge is 0.311 e. The zero-order valence-electron chi connectivity index (χ0n) is 9.98. The van der Waals surface area contributed by atoms with Crippen molar-refractivity contribution in [3.8, 4) is 0 Å². The highest BCUT2D eigenvalue weighted by atomic mass is 32.1. The van der Waals surface area contributed by atoms with Crippen LogP contribution in [-0.2, 0) is 27.1 Å². The van der Waals surface area contributed by atoms with Crippen LogP contribution in [0.3, 0.4) is 0 Å². The first-order chi connectivity index (χ1) is 8.28. The van der Waals surface area contributed by atoms with Gasteiger partial charge in [-0.15, -0.1) is 11.3 Å². The molecule has 2 rings (SSSR count). The summed E-state index contributed by atoms with van der Waals surface area (Å²) in [6.07, 6.45) is 3.72. The molecular formula is C12H17NO3S. The Morgan fingerprint density at radius 1 is 1.71 bits per heavy atom. The second-order valence-electron chi connectivity index (χ2n) is 4.05. The SMILES string of the molecule is CCOC(=O)Cc1csc(CC2CCCO2)n1. The second-order valence-corrected chi connectivity index (χ2v) is 5.00. The summed E-state index contributed by atoms with van der Waals surface area (Å²) in [5.41, 5.74) is 0.807. The lowest BCUT2D eigenvalue weighted by molar-refractivity contribution is -0.142. The van der Waals surface area contributed by atoms with Gasteiger partial charge in [-0.3, -0.25) is 4.79 Å². The molecule has 0 amide bonds. The molecule has 0 saturated carbocycles. The maximum Gasteiger partial charge on any atom is 0.311 e. The average Bonchev–Trinajstić information content (AvgIpc) is 2.91. The van der Waals surface area contributed by atoms with Gasteiger partial charge in [0, 0.05) is 18.4 Å². The fourth-order valence-electron chi connectivity index (χ4n) is 1.88. The number of nitrogens with zero attached hydrogens (tertiary/aromatic N) is 1. The number of rotatable bonds is 5. The topological polar surface area (TPSA) is 48.4 Å². The van der Waals surface area contributed by atoms with Crippen LogP contribution in [-0.4, -0.2) is 30.3 Å². The maximum absolute atomic E-state index is 11.3. The molecule has 0 aliphatic carbocycles. The molecule has 1 aliphatic rings. The van der Waals surface area contributed by atoms with Crippen LogP contribution in [0.15, 0.2) is 5.38 Å². The molecule has 94 valence electrons. The van der Waals surface area contributed by atoms with Crippen molar-refractivity contribution in [3.63, 3.8) is 0 Å². The maximum atomic E-state index is 11.3. The molecule has 1 unspecified atom stereocenters. The van der Waals surface area contributed by atoms with Gasteiger partial charge in [-0.25, -0.2) is 4.98 Å². The third-order valence-corrected chi connectivity index (χ3v) is 3.58. The van der Waals surface area contributed by atoms with E-state index >= 15 is 0 Å². The monoisotopic (exact) mass is 255 g/mol. The number of thiazole rings is 1. The van der Waals surface area contributed by atoms with Crippen molar-refractivity contribution >= 4 is 17.3 Å². The summed E-state index contributed by atoms with van der Waals surface area (Å²) in [7, 11) is 0. The van der Waals surface area contributed by atoms with Crippen molar-refractivity contribution in [3.05, 3.63) is 16.1 Å². The Balaban J connectivity index is 1.84. The average molecular weight is 255 g/mol. The number of hydrogen-bond acceptors (Lipinski definition) is 5. The fourth-order valence-corrected chi connectivity index (χ4v) is 2.74. The quantitative estimate of drug-likeness (QED) is 0.755. The van der Waals surface area contributed by atoms with Crippen molar-refractivity contribution < 1.29 is 14.3 Å². The molecule has 5 heteroatoms. The highest BCUT2D eigenvalue weighted by molar-refractivity contribution is 7.09. The number of aromatic nitrogens is 1. The second kappa shape index (κ2) is 6.12. The molecule has 0 spiro atoms. The lowest BCUT2D eigenvalue weighted by Gasteiger charge is -2.05. The number of carbonyl (C=O) groups excluding carboxylic acids is 1. The van der Waals surface area contributed by atoms with Crippen LogP contribution in [0.5, 0.6) is 0 Å². The molecule has 4 nitrogen and oxygen atoms in total. The van der Waals surface area contributed by atoms with Crippen molar-refractivity contribution in [1.29, 1.82) is 0 Å². The number of hydrogen-bond donors (Lipinski definition) is 0. The molecular weight excluding hydrogens is 238 g/mol. The first-order valence-corrected chi connectivity index (χ1v) is 6.86. The normalized spacial score (nSPS) is 19.5. The third-order valence-electron chi connectivity index (χ3n) is 2.66. The number of esters is 1. The van der Waals surface area contributed by atoms with Gasteiger partial charge in [0.1, 0.15) is 0 Å². The Hall–Kier alpha value is -0.940. The van der Waals surface area contributed by atoms with Gasteiger partial charge < -0.3 is 9.47 Å². The minimum Gasteiger partial charge on any atom is -0.466 e. The Morgan fingerprint density at radius 2 is 2.59 bits per heavy atom.